The summed E-state index contributed by atoms with van der Waals surface area (Å²) >= 11 is 0. The lowest BCUT2D eigenvalue weighted by Gasteiger charge is -2.32. The summed E-state index contributed by atoms with van der Waals surface area (Å²) < 4.78 is 12.6. The van der Waals surface area contributed by atoms with Crippen LogP contribution in [0.1, 0.15) is 11.5 Å². The van der Waals surface area contributed by atoms with Crippen LogP contribution in [0, 0.1) is 6.92 Å². The summed E-state index contributed by atoms with van der Waals surface area (Å²) in [7, 11) is 0. The second kappa shape index (κ2) is 5.50. The molecule has 2 aromatic heterocycles. The summed E-state index contributed by atoms with van der Waals surface area (Å²) in [6.45, 7) is 5.95. The first-order valence-corrected chi connectivity index (χ1v) is 6.38. The zero-order valence-electron chi connectivity index (χ0n) is 10.9. The van der Waals surface area contributed by atoms with E-state index in [0.717, 1.165) is 44.2 Å². The van der Waals surface area contributed by atoms with Gasteiger partial charge in [-0.2, -0.15) is 5.10 Å². The molecule has 0 saturated carbocycles. The minimum Gasteiger partial charge on any atom is -0.374 e. The minimum absolute atomic E-state index is 0.142. The van der Waals surface area contributed by atoms with Crippen LogP contribution in [-0.2, 0) is 17.8 Å². The maximum Gasteiger partial charge on any atom is 0.137 e. The van der Waals surface area contributed by atoms with Crippen LogP contribution < -0.4 is 0 Å². The summed E-state index contributed by atoms with van der Waals surface area (Å²) in [5.41, 5.74) is 0.971. The summed E-state index contributed by atoms with van der Waals surface area (Å²) in [5, 5.41) is 8.13. The average molecular weight is 263 g/mol. The van der Waals surface area contributed by atoms with Crippen LogP contribution in [0.5, 0.6) is 0 Å². The van der Waals surface area contributed by atoms with Gasteiger partial charge in [0.15, 0.2) is 0 Å². The standard InChI is InChI=1S/C12H17N5O2/c1-10-4-11(15-19-10)5-16-2-3-18-12(6-16)7-17-9-13-8-14-17/h4,8-9,12H,2-3,5-7H2,1H3/t12-/m1/s1. The van der Waals surface area contributed by atoms with Crippen molar-refractivity contribution < 1.29 is 9.26 Å². The smallest absolute Gasteiger partial charge is 0.137 e. The van der Waals surface area contributed by atoms with Crippen LogP contribution in [0.25, 0.3) is 0 Å². The number of morpholine rings is 1. The van der Waals surface area contributed by atoms with Gasteiger partial charge in [-0.15, -0.1) is 0 Å². The fraction of sp³-hybridized carbons (Fsp3) is 0.583. The molecule has 0 unspecified atom stereocenters. The average Bonchev–Trinajstić information content (AvgIpc) is 3.02. The topological polar surface area (TPSA) is 69.2 Å². The van der Waals surface area contributed by atoms with Crippen molar-refractivity contribution >= 4 is 0 Å². The Hall–Kier alpha value is -1.73. The van der Waals surface area contributed by atoms with Crippen molar-refractivity contribution in [3.63, 3.8) is 0 Å². The number of hydrogen-bond donors (Lipinski definition) is 0. The molecule has 0 aliphatic carbocycles. The van der Waals surface area contributed by atoms with Crippen molar-refractivity contribution in [2.24, 2.45) is 0 Å². The predicted octanol–water partition coefficient (Wildman–Crippen LogP) is 0.476. The third-order valence-corrected chi connectivity index (χ3v) is 3.14. The Morgan fingerprint density at radius 3 is 3.16 bits per heavy atom. The molecule has 3 heterocycles. The van der Waals surface area contributed by atoms with Gasteiger partial charge in [0.25, 0.3) is 0 Å². The molecular weight excluding hydrogens is 246 g/mol. The molecule has 19 heavy (non-hydrogen) atoms. The maximum absolute atomic E-state index is 5.75. The Balaban J connectivity index is 1.55. The fourth-order valence-corrected chi connectivity index (χ4v) is 2.29. The molecule has 0 bridgehead atoms. The van der Waals surface area contributed by atoms with Gasteiger partial charge in [0.05, 0.1) is 24.9 Å². The SMILES string of the molecule is Cc1cc(CN2CCO[C@@H](Cn3cncn3)C2)no1. The van der Waals surface area contributed by atoms with Gasteiger partial charge in [-0.3, -0.25) is 9.58 Å². The molecule has 1 atom stereocenters. The molecule has 3 rings (SSSR count). The van der Waals surface area contributed by atoms with Crippen LogP contribution in [0.3, 0.4) is 0 Å². The summed E-state index contributed by atoms with van der Waals surface area (Å²) in [4.78, 5) is 6.26. The van der Waals surface area contributed by atoms with Gasteiger partial charge in [0, 0.05) is 25.7 Å². The van der Waals surface area contributed by atoms with Crippen molar-refractivity contribution in [3.8, 4) is 0 Å². The van der Waals surface area contributed by atoms with Crippen LogP contribution in [-0.4, -0.2) is 50.6 Å². The van der Waals surface area contributed by atoms with Crippen molar-refractivity contribution in [2.45, 2.75) is 26.1 Å². The van der Waals surface area contributed by atoms with Gasteiger partial charge in [-0.05, 0) is 6.92 Å². The first-order chi connectivity index (χ1) is 9.29. The van der Waals surface area contributed by atoms with Gasteiger partial charge in [0.2, 0.25) is 0 Å². The number of aryl methyl sites for hydroxylation is 1. The number of ether oxygens (including phenoxy) is 1. The zero-order valence-corrected chi connectivity index (χ0v) is 10.9. The highest BCUT2D eigenvalue weighted by molar-refractivity contribution is 5.03. The highest BCUT2D eigenvalue weighted by Crippen LogP contribution is 2.11. The van der Waals surface area contributed by atoms with Gasteiger partial charge in [-0.1, -0.05) is 5.16 Å². The monoisotopic (exact) mass is 263 g/mol. The first-order valence-electron chi connectivity index (χ1n) is 6.38. The molecule has 0 aromatic carbocycles. The maximum atomic E-state index is 5.75. The Morgan fingerprint density at radius 1 is 1.47 bits per heavy atom. The van der Waals surface area contributed by atoms with E-state index >= 15 is 0 Å². The summed E-state index contributed by atoms with van der Waals surface area (Å²) in [6, 6.07) is 1.97. The molecule has 7 nitrogen and oxygen atoms in total. The van der Waals surface area contributed by atoms with E-state index < -0.39 is 0 Å². The van der Waals surface area contributed by atoms with E-state index in [1.165, 1.54) is 0 Å². The quantitative estimate of drug-likeness (QED) is 0.799. The fourth-order valence-electron chi connectivity index (χ4n) is 2.29. The molecule has 0 amide bonds. The van der Waals surface area contributed by atoms with E-state index in [4.69, 9.17) is 9.26 Å². The van der Waals surface area contributed by atoms with Crippen LogP contribution >= 0.6 is 0 Å². The molecule has 2 aromatic rings. The van der Waals surface area contributed by atoms with E-state index in [1.807, 2.05) is 13.0 Å². The Morgan fingerprint density at radius 2 is 2.42 bits per heavy atom. The molecule has 1 saturated heterocycles. The van der Waals surface area contributed by atoms with Gasteiger partial charge < -0.3 is 9.26 Å². The lowest BCUT2D eigenvalue weighted by molar-refractivity contribution is -0.0408. The minimum atomic E-state index is 0.142. The molecule has 1 aliphatic heterocycles. The van der Waals surface area contributed by atoms with E-state index in [9.17, 15) is 0 Å². The molecule has 0 radical (unpaired) electrons. The lowest BCUT2D eigenvalue weighted by atomic mass is 10.2. The van der Waals surface area contributed by atoms with E-state index in [1.54, 1.807) is 17.3 Å². The molecule has 1 fully saturated rings. The van der Waals surface area contributed by atoms with Crippen LogP contribution in [0.4, 0.5) is 0 Å². The third kappa shape index (κ3) is 3.18. The molecule has 1 aliphatic rings. The Bertz CT molecular complexity index is 510. The van der Waals surface area contributed by atoms with E-state index in [2.05, 4.69) is 20.1 Å². The van der Waals surface area contributed by atoms with Gasteiger partial charge >= 0.3 is 0 Å². The predicted molar refractivity (Wildman–Crippen MR) is 66.3 cm³/mol. The van der Waals surface area contributed by atoms with Crippen molar-refractivity contribution in [2.75, 3.05) is 19.7 Å². The largest absolute Gasteiger partial charge is 0.374 e. The van der Waals surface area contributed by atoms with E-state index in [-0.39, 0.29) is 6.10 Å². The van der Waals surface area contributed by atoms with Crippen molar-refractivity contribution in [1.82, 2.24) is 24.8 Å². The van der Waals surface area contributed by atoms with Crippen molar-refractivity contribution in [1.29, 1.82) is 0 Å². The van der Waals surface area contributed by atoms with Crippen LogP contribution in [0.15, 0.2) is 23.2 Å². The third-order valence-electron chi connectivity index (χ3n) is 3.14. The molecule has 0 spiro atoms. The molecule has 102 valence electrons. The summed E-state index contributed by atoms with van der Waals surface area (Å²) in [6.07, 6.45) is 3.39. The Kier molecular flexibility index (Phi) is 3.56. The van der Waals surface area contributed by atoms with Crippen molar-refractivity contribution in [3.05, 3.63) is 30.2 Å². The lowest BCUT2D eigenvalue weighted by Crippen LogP contribution is -2.43. The molecule has 0 N–H and O–H groups in total. The number of hydrogen-bond acceptors (Lipinski definition) is 6. The highest BCUT2D eigenvalue weighted by atomic mass is 16.5. The normalized spacial score (nSPS) is 20.8. The number of nitrogens with zero attached hydrogens (tertiary/aromatic N) is 5. The van der Waals surface area contributed by atoms with E-state index in [0.29, 0.717) is 0 Å². The summed E-state index contributed by atoms with van der Waals surface area (Å²) in [5.74, 6) is 0.849. The second-order valence-electron chi connectivity index (χ2n) is 4.77. The molecular formula is C12H17N5O2. The number of rotatable bonds is 4. The molecule has 7 heteroatoms. The first kappa shape index (κ1) is 12.3. The second-order valence-corrected chi connectivity index (χ2v) is 4.77. The number of aromatic nitrogens is 4. The van der Waals surface area contributed by atoms with Gasteiger partial charge in [0.1, 0.15) is 18.4 Å². The van der Waals surface area contributed by atoms with Gasteiger partial charge in [-0.25, -0.2) is 4.98 Å². The highest BCUT2D eigenvalue weighted by Gasteiger charge is 2.21. The zero-order chi connectivity index (χ0) is 13.1. The Labute approximate surface area is 111 Å². The van der Waals surface area contributed by atoms with Crippen LogP contribution in [0.2, 0.25) is 0 Å².